The number of para-hydroxylation sites is 1. The molecule has 3 aromatic carbocycles. The molecule has 0 fully saturated rings. The van der Waals surface area contributed by atoms with E-state index in [-0.39, 0.29) is 17.9 Å². The van der Waals surface area contributed by atoms with Crippen molar-refractivity contribution in [2.45, 2.75) is 19.9 Å². The summed E-state index contributed by atoms with van der Waals surface area (Å²) in [5, 5.41) is 13.7. The van der Waals surface area contributed by atoms with Crippen LogP contribution in [-0.4, -0.2) is 33.9 Å². The number of rotatable bonds is 9. The second kappa shape index (κ2) is 13.2. The molecule has 41 heavy (non-hydrogen) atoms. The molecular weight excluding hydrogens is 647 g/mol. The first-order chi connectivity index (χ1) is 19.8. The average Bonchev–Trinajstić information content (AvgIpc) is 3.44. The summed E-state index contributed by atoms with van der Waals surface area (Å²) >= 11 is 17.0. The molecule has 10 heteroatoms. The van der Waals surface area contributed by atoms with Crippen LogP contribution in [0.1, 0.15) is 18.9 Å². The normalized spacial score (nSPS) is 15.3. The molecule has 210 valence electrons. The minimum absolute atomic E-state index is 0.0414. The van der Waals surface area contributed by atoms with Gasteiger partial charge in [0.25, 0.3) is 0 Å². The lowest BCUT2D eigenvalue weighted by Gasteiger charge is -2.09. The summed E-state index contributed by atoms with van der Waals surface area (Å²) in [5.74, 6) is -0.127. The highest BCUT2D eigenvalue weighted by atomic mass is 79.9. The van der Waals surface area contributed by atoms with Crippen LogP contribution in [0.3, 0.4) is 0 Å². The highest BCUT2D eigenvalue weighted by molar-refractivity contribution is 9.10. The van der Waals surface area contributed by atoms with Gasteiger partial charge in [-0.3, -0.25) is 0 Å². The number of fused-ring (bicyclic) bond motifs is 1. The fourth-order valence-corrected chi connectivity index (χ4v) is 6.05. The van der Waals surface area contributed by atoms with Crippen molar-refractivity contribution in [2.24, 2.45) is 4.99 Å². The summed E-state index contributed by atoms with van der Waals surface area (Å²) in [5.41, 5.74) is 2.57. The summed E-state index contributed by atoms with van der Waals surface area (Å²) in [7, 11) is 0. The minimum atomic E-state index is -0.627. The van der Waals surface area contributed by atoms with Gasteiger partial charge in [-0.15, -0.1) is 0 Å². The molecule has 6 nitrogen and oxygen atoms in total. The number of hydrogen-bond acceptors (Lipinski definition) is 6. The Hall–Kier alpha value is -3.17. The number of thioether (sulfide) groups is 1. The van der Waals surface area contributed by atoms with Crippen molar-refractivity contribution >= 4 is 84.6 Å². The first-order valence-corrected chi connectivity index (χ1v) is 15.2. The number of carbonyl (C=O) groups excluding carboxylic acids is 1. The number of esters is 1. The highest BCUT2D eigenvalue weighted by Gasteiger charge is 2.33. The predicted octanol–water partition coefficient (Wildman–Crippen LogP) is 9.37. The van der Waals surface area contributed by atoms with Crippen molar-refractivity contribution < 1.29 is 19.4 Å². The Labute approximate surface area is 260 Å². The zero-order valence-corrected chi connectivity index (χ0v) is 25.9. The molecule has 0 spiro atoms. The standard InChI is InChI=1S/C31H25BrCl2N2O4S/c1-2-39-31(38)28-29(37)27(41-30(28)35-22-11-9-21(33)10-12-22)16-19-18-36(25-13-8-20(32)17-23(19)25)14-5-15-40-26-7-4-3-6-24(26)34/h3-4,6-13,16-18,37H,2,5,14-15H2,1H3/b27-16-,35-30?. The molecule has 1 aliphatic heterocycles. The molecule has 4 aromatic rings. The molecule has 0 saturated carbocycles. The molecule has 5 rings (SSSR count). The van der Waals surface area contributed by atoms with E-state index in [1.807, 2.05) is 48.7 Å². The third kappa shape index (κ3) is 6.84. The number of benzene rings is 3. The molecule has 0 atom stereocenters. The molecule has 2 heterocycles. The number of aliphatic imine (C=N–C) groups is 1. The van der Waals surface area contributed by atoms with Crippen LogP contribution in [0.15, 0.2) is 98.6 Å². The number of ether oxygens (including phenoxy) is 2. The van der Waals surface area contributed by atoms with Crippen LogP contribution in [0.25, 0.3) is 17.0 Å². The van der Waals surface area contributed by atoms with Crippen LogP contribution < -0.4 is 4.74 Å². The van der Waals surface area contributed by atoms with Crippen LogP contribution in [0, 0.1) is 0 Å². The molecular formula is C31H25BrCl2N2O4S. The fourth-order valence-electron chi connectivity index (χ4n) is 4.34. The third-order valence-corrected chi connectivity index (χ3v) is 8.30. The van der Waals surface area contributed by atoms with Crippen molar-refractivity contribution in [1.82, 2.24) is 4.57 Å². The van der Waals surface area contributed by atoms with Crippen LogP contribution in [0.4, 0.5) is 5.69 Å². The number of aromatic nitrogens is 1. The van der Waals surface area contributed by atoms with Gasteiger partial charge < -0.3 is 19.1 Å². The Kier molecular flexibility index (Phi) is 9.45. The predicted molar refractivity (Wildman–Crippen MR) is 172 cm³/mol. The maximum atomic E-state index is 12.8. The Morgan fingerprint density at radius 2 is 1.90 bits per heavy atom. The van der Waals surface area contributed by atoms with Crippen molar-refractivity contribution in [3.8, 4) is 5.75 Å². The molecule has 0 amide bonds. The lowest BCUT2D eigenvalue weighted by molar-refractivity contribution is -0.138. The van der Waals surface area contributed by atoms with Crippen LogP contribution in [0.5, 0.6) is 5.75 Å². The topological polar surface area (TPSA) is 73.0 Å². The lowest BCUT2D eigenvalue weighted by atomic mass is 10.1. The van der Waals surface area contributed by atoms with Gasteiger partial charge in [0, 0.05) is 38.7 Å². The van der Waals surface area contributed by atoms with Crippen LogP contribution >= 0.6 is 50.9 Å². The Morgan fingerprint density at radius 3 is 2.66 bits per heavy atom. The molecule has 1 aromatic heterocycles. The molecule has 0 unspecified atom stereocenters. The van der Waals surface area contributed by atoms with Crippen LogP contribution in [0.2, 0.25) is 10.0 Å². The Balaban J connectivity index is 1.45. The number of halogens is 3. The summed E-state index contributed by atoms with van der Waals surface area (Å²) < 4.78 is 14.2. The Morgan fingerprint density at radius 1 is 1.12 bits per heavy atom. The van der Waals surface area contributed by atoms with Crippen LogP contribution in [-0.2, 0) is 16.1 Å². The SMILES string of the molecule is CCOC(=O)C1=C(O)/C(=C/c2cn(CCCOc3ccccc3Cl)c3ccc(Br)cc23)SC1=Nc1ccc(Cl)cc1. The number of aliphatic hydroxyl groups excluding tert-OH is 1. The summed E-state index contributed by atoms with van der Waals surface area (Å²) in [6.45, 7) is 3.10. The van der Waals surface area contributed by atoms with Gasteiger partial charge in [0.1, 0.15) is 22.1 Å². The van der Waals surface area contributed by atoms with E-state index < -0.39 is 5.97 Å². The third-order valence-electron chi connectivity index (χ3n) is 6.23. The molecule has 1 N–H and O–H groups in total. The second-order valence-corrected chi connectivity index (χ2v) is 11.8. The van der Waals surface area contributed by atoms with Gasteiger partial charge in [0.15, 0.2) is 0 Å². The summed E-state index contributed by atoms with van der Waals surface area (Å²) in [6, 6.07) is 20.4. The van der Waals surface area contributed by atoms with E-state index in [9.17, 15) is 9.90 Å². The van der Waals surface area contributed by atoms with E-state index in [2.05, 4.69) is 25.5 Å². The van der Waals surface area contributed by atoms with E-state index in [4.69, 9.17) is 32.7 Å². The van der Waals surface area contributed by atoms with Gasteiger partial charge in [-0.05, 0) is 74.0 Å². The van der Waals surface area contributed by atoms with E-state index in [0.717, 1.165) is 27.4 Å². The molecule has 1 aliphatic rings. The van der Waals surface area contributed by atoms with Crippen molar-refractivity contribution in [2.75, 3.05) is 13.2 Å². The quantitative estimate of drug-likeness (QED) is 0.142. The lowest BCUT2D eigenvalue weighted by Crippen LogP contribution is -2.12. The van der Waals surface area contributed by atoms with Gasteiger partial charge in [-0.2, -0.15) is 0 Å². The average molecular weight is 672 g/mol. The first-order valence-electron chi connectivity index (χ1n) is 12.8. The number of hydrogen-bond donors (Lipinski definition) is 1. The minimum Gasteiger partial charge on any atom is -0.506 e. The van der Waals surface area contributed by atoms with Crippen molar-refractivity contribution in [3.05, 3.63) is 109 Å². The van der Waals surface area contributed by atoms with Crippen molar-refractivity contribution in [1.29, 1.82) is 0 Å². The molecule has 0 bridgehead atoms. The maximum absolute atomic E-state index is 12.8. The van der Waals surface area contributed by atoms with E-state index >= 15 is 0 Å². The second-order valence-electron chi connectivity index (χ2n) is 9.02. The van der Waals surface area contributed by atoms with Gasteiger partial charge in [0.05, 0.1) is 28.8 Å². The van der Waals surface area contributed by atoms with E-state index in [1.54, 1.807) is 37.3 Å². The van der Waals surface area contributed by atoms with Gasteiger partial charge >= 0.3 is 5.97 Å². The largest absolute Gasteiger partial charge is 0.506 e. The zero-order chi connectivity index (χ0) is 28.9. The first kappa shape index (κ1) is 29.3. The molecule has 0 aliphatic carbocycles. The number of nitrogens with zero attached hydrogens (tertiary/aromatic N) is 2. The van der Waals surface area contributed by atoms with Gasteiger partial charge in [-0.25, -0.2) is 9.79 Å². The van der Waals surface area contributed by atoms with Gasteiger partial charge in [0.2, 0.25) is 0 Å². The smallest absolute Gasteiger partial charge is 0.344 e. The fraction of sp³-hybridized carbons (Fsp3) is 0.161. The summed E-state index contributed by atoms with van der Waals surface area (Å²) in [4.78, 5) is 17.9. The van der Waals surface area contributed by atoms with Crippen molar-refractivity contribution in [3.63, 3.8) is 0 Å². The zero-order valence-electron chi connectivity index (χ0n) is 21.9. The highest BCUT2D eigenvalue weighted by Crippen LogP contribution is 2.41. The van der Waals surface area contributed by atoms with Gasteiger partial charge in [-0.1, -0.05) is 63.0 Å². The molecule has 0 saturated heterocycles. The van der Waals surface area contributed by atoms with E-state index in [1.165, 1.54) is 11.8 Å². The maximum Gasteiger partial charge on any atom is 0.344 e. The number of carbonyl (C=O) groups is 1. The number of aryl methyl sites for hydroxylation is 1. The monoisotopic (exact) mass is 670 g/mol. The van der Waals surface area contributed by atoms with E-state index in [0.29, 0.717) is 44.6 Å². The number of aliphatic hydroxyl groups is 1. The molecule has 0 radical (unpaired) electrons. The Bertz CT molecular complexity index is 1700. The summed E-state index contributed by atoms with van der Waals surface area (Å²) in [6.07, 6.45) is 4.66.